The lowest BCUT2D eigenvalue weighted by atomic mass is 10.2. The molecule has 9 heteroatoms. The van der Waals surface area contributed by atoms with Crippen LogP contribution in [0.5, 0.6) is 0 Å². The molecule has 3 aromatic rings. The first kappa shape index (κ1) is 16.3. The Kier molecular flexibility index (Phi) is 4.62. The van der Waals surface area contributed by atoms with E-state index in [1.54, 1.807) is 41.9 Å². The standard InChI is InChI=1S/C14H16BrN5O2S/c1-18(2)23(21)20-5-4-16-13(20)12-6-10(15)7-19-8-11(9-22-3)17-14(12)19/h4-8H,9H2,1-3H3. The molecule has 0 aliphatic carbocycles. The second-order valence-corrected chi connectivity index (χ2v) is 7.59. The van der Waals surface area contributed by atoms with Gasteiger partial charge < -0.3 is 9.14 Å². The maximum absolute atomic E-state index is 12.4. The van der Waals surface area contributed by atoms with Crippen molar-refractivity contribution in [2.24, 2.45) is 0 Å². The van der Waals surface area contributed by atoms with E-state index in [1.165, 1.54) is 0 Å². The molecule has 0 radical (unpaired) electrons. The number of methoxy groups -OCH3 is 1. The molecule has 0 bridgehead atoms. The number of hydrogen-bond donors (Lipinski definition) is 0. The number of rotatable bonds is 5. The lowest BCUT2D eigenvalue weighted by molar-refractivity contribution is 0.182. The third kappa shape index (κ3) is 3.09. The summed E-state index contributed by atoms with van der Waals surface area (Å²) in [7, 11) is 5.14. The van der Waals surface area contributed by atoms with Crippen molar-refractivity contribution in [1.82, 2.24) is 22.6 Å². The first-order valence-corrected chi connectivity index (χ1v) is 8.66. The van der Waals surface area contributed by atoms with E-state index in [2.05, 4.69) is 25.9 Å². The molecular weight excluding hydrogens is 382 g/mol. The molecule has 0 saturated heterocycles. The highest BCUT2D eigenvalue weighted by molar-refractivity contribution is 9.10. The Morgan fingerprint density at radius 1 is 1.39 bits per heavy atom. The Bertz CT molecular complexity index is 873. The number of hydrogen-bond acceptors (Lipinski definition) is 4. The Hall–Kier alpha value is -1.55. The van der Waals surface area contributed by atoms with Crippen molar-refractivity contribution < 1.29 is 8.95 Å². The predicted octanol–water partition coefficient (Wildman–Crippen LogP) is 2.10. The van der Waals surface area contributed by atoms with Crippen molar-refractivity contribution in [2.45, 2.75) is 6.61 Å². The van der Waals surface area contributed by atoms with Crippen LogP contribution in [0.2, 0.25) is 0 Å². The minimum absolute atomic E-state index is 0.427. The zero-order valence-corrected chi connectivity index (χ0v) is 15.3. The maximum Gasteiger partial charge on any atom is 0.204 e. The van der Waals surface area contributed by atoms with Crippen LogP contribution < -0.4 is 0 Å². The van der Waals surface area contributed by atoms with E-state index in [0.717, 1.165) is 21.4 Å². The van der Waals surface area contributed by atoms with Crippen LogP contribution in [-0.2, 0) is 22.5 Å². The van der Waals surface area contributed by atoms with Gasteiger partial charge >= 0.3 is 0 Å². The number of aromatic nitrogens is 4. The molecule has 7 nitrogen and oxygen atoms in total. The van der Waals surface area contributed by atoms with Crippen LogP contribution in [0.3, 0.4) is 0 Å². The van der Waals surface area contributed by atoms with E-state index in [0.29, 0.717) is 12.4 Å². The molecule has 0 fully saturated rings. The molecule has 0 spiro atoms. The highest BCUT2D eigenvalue weighted by Crippen LogP contribution is 2.27. The quantitative estimate of drug-likeness (QED) is 0.661. The zero-order valence-electron chi connectivity index (χ0n) is 12.9. The molecule has 0 N–H and O–H groups in total. The van der Waals surface area contributed by atoms with Gasteiger partial charge in [-0.05, 0) is 22.0 Å². The SMILES string of the molecule is COCc1cn2cc(Br)cc(-c3nccn3S(=O)N(C)C)c2n1. The molecule has 3 heterocycles. The van der Waals surface area contributed by atoms with Gasteiger partial charge in [-0.25, -0.2) is 22.5 Å². The second kappa shape index (κ2) is 6.52. The summed E-state index contributed by atoms with van der Waals surface area (Å²) in [6.07, 6.45) is 7.15. The fourth-order valence-corrected chi connectivity index (χ4v) is 3.53. The lowest BCUT2D eigenvalue weighted by Crippen LogP contribution is -2.22. The van der Waals surface area contributed by atoms with E-state index in [1.807, 2.05) is 22.9 Å². The van der Waals surface area contributed by atoms with E-state index in [9.17, 15) is 4.21 Å². The summed E-state index contributed by atoms with van der Waals surface area (Å²) in [5.41, 5.74) is 2.35. The van der Waals surface area contributed by atoms with Gasteiger partial charge in [0, 0.05) is 50.5 Å². The average Bonchev–Trinajstić information content (AvgIpc) is 3.11. The number of imidazole rings is 2. The Morgan fingerprint density at radius 2 is 2.17 bits per heavy atom. The monoisotopic (exact) mass is 397 g/mol. The van der Waals surface area contributed by atoms with Crippen LogP contribution >= 0.6 is 15.9 Å². The van der Waals surface area contributed by atoms with E-state index >= 15 is 0 Å². The molecule has 122 valence electrons. The molecule has 1 atom stereocenters. The Morgan fingerprint density at radius 3 is 2.87 bits per heavy atom. The van der Waals surface area contributed by atoms with Crippen LogP contribution in [0.1, 0.15) is 5.69 Å². The summed E-state index contributed by atoms with van der Waals surface area (Å²) in [6, 6.07) is 1.92. The van der Waals surface area contributed by atoms with Gasteiger partial charge in [-0.1, -0.05) is 0 Å². The van der Waals surface area contributed by atoms with Gasteiger partial charge in [0.25, 0.3) is 0 Å². The van der Waals surface area contributed by atoms with E-state index < -0.39 is 11.2 Å². The van der Waals surface area contributed by atoms with Gasteiger partial charge in [-0.3, -0.25) is 0 Å². The first-order valence-electron chi connectivity index (χ1n) is 6.80. The Balaban J connectivity index is 2.20. The second-order valence-electron chi connectivity index (χ2n) is 5.09. The minimum Gasteiger partial charge on any atom is -0.378 e. The average molecular weight is 398 g/mol. The molecule has 0 amide bonds. The molecular formula is C14H16BrN5O2S. The summed E-state index contributed by atoms with van der Waals surface area (Å²) in [5.74, 6) is 0.595. The van der Waals surface area contributed by atoms with Crippen molar-refractivity contribution in [3.05, 3.63) is 41.0 Å². The number of pyridine rings is 1. The fraction of sp³-hybridized carbons (Fsp3) is 0.286. The summed E-state index contributed by atoms with van der Waals surface area (Å²) in [5, 5.41) is 0. The van der Waals surface area contributed by atoms with Gasteiger partial charge in [0.05, 0.1) is 17.9 Å². The molecule has 3 rings (SSSR count). The molecule has 3 aromatic heterocycles. The van der Waals surface area contributed by atoms with E-state index in [-0.39, 0.29) is 0 Å². The van der Waals surface area contributed by atoms with Gasteiger partial charge in [-0.15, -0.1) is 0 Å². The summed E-state index contributed by atoms with van der Waals surface area (Å²) >= 11 is 2.15. The van der Waals surface area contributed by atoms with Crippen LogP contribution in [0.15, 0.2) is 35.3 Å². The molecule has 0 aliphatic heterocycles. The molecule has 0 aromatic carbocycles. The third-order valence-electron chi connectivity index (χ3n) is 3.19. The summed E-state index contributed by atoms with van der Waals surface area (Å²) < 4.78 is 23.6. The number of nitrogens with zero attached hydrogens (tertiary/aromatic N) is 5. The van der Waals surface area contributed by atoms with Crippen molar-refractivity contribution in [3.63, 3.8) is 0 Å². The summed E-state index contributed by atoms with van der Waals surface area (Å²) in [4.78, 5) is 8.97. The van der Waals surface area contributed by atoms with Crippen molar-refractivity contribution in [2.75, 3.05) is 21.2 Å². The molecule has 0 saturated carbocycles. The van der Waals surface area contributed by atoms with Gasteiger partial charge in [0.15, 0.2) is 5.82 Å². The lowest BCUT2D eigenvalue weighted by Gasteiger charge is -2.12. The third-order valence-corrected chi connectivity index (χ3v) is 4.88. The highest BCUT2D eigenvalue weighted by Gasteiger charge is 2.18. The maximum atomic E-state index is 12.4. The highest BCUT2D eigenvalue weighted by atomic mass is 79.9. The van der Waals surface area contributed by atoms with Crippen molar-refractivity contribution in [3.8, 4) is 11.4 Å². The zero-order chi connectivity index (χ0) is 16.6. The Labute approximate surface area is 144 Å². The largest absolute Gasteiger partial charge is 0.378 e. The van der Waals surface area contributed by atoms with Crippen LogP contribution in [0.4, 0.5) is 0 Å². The minimum atomic E-state index is -1.35. The first-order chi connectivity index (χ1) is 11.0. The van der Waals surface area contributed by atoms with Gasteiger partial charge in [-0.2, -0.15) is 0 Å². The van der Waals surface area contributed by atoms with Crippen molar-refractivity contribution >= 4 is 32.7 Å². The molecule has 23 heavy (non-hydrogen) atoms. The van der Waals surface area contributed by atoms with Crippen LogP contribution in [0.25, 0.3) is 17.0 Å². The molecule has 1 unspecified atom stereocenters. The number of fused-ring (bicyclic) bond motifs is 1. The van der Waals surface area contributed by atoms with Crippen LogP contribution in [0, 0.1) is 0 Å². The fourth-order valence-electron chi connectivity index (χ4n) is 2.28. The number of halogens is 1. The van der Waals surface area contributed by atoms with Crippen LogP contribution in [-0.4, -0.2) is 48.1 Å². The van der Waals surface area contributed by atoms with Gasteiger partial charge in [0.2, 0.25) is 11.2 Å². The summed E-state index contributed by atoms with van der Waals surface area (Å²) in [6.45, 7) is 0.427. The number of ether oxygens (including phenoxy) is 1. The topological polar surface area (TPSA) is 64.7 Å². The smallest absolute Gasteiger partial charge is 0.204 e. The predicted molar refractivity (Wildman–Crippen MR) is 92.1 cm³/mol. The van der Waals surface area contributed by atoms with E-state index in [4.69, 9.17) is 4.74 Å². The van der Waals surface area contributed by atoms with Gasteiger partial charge in [0.1, 0.15) is 5.65 Å². The van der Waals surface area contributed by atoms with Crippen molar-refractivity contribution in [1.29, 1.82) is 0 Å². The molecule has 0 aliphatic rings. The normalized spacial score (nSPS) is 13.1.